The minimum Gasteiger partial charge on any atom is -0.303 e. The van der Waals surface area contributed by atoms with Crippen LogP contribution in [-0.2, 0) is 0 Å². The van der Waals surface area contributed by atoms with Crippen LogP contribution in [0.3, 0.4) is 0 Å². The summed E-state index contributed by atoms with van der Waals surface area (Å²) in [4.78, 5) is 2.78. The Kier molecular flexibility index (Phi) is 6.02. The fraction of sp³-hybridized carbons (Fsp3) is 1.00. The van der Waals surface area contributed by atoms with Gasteiger partial charge >= 0.3 is 0 Å². The smallest absolute Gasteiger partial charge is 0.000966 e. The zero-order chi connectivity index (χ0) is 16.4. The van der Waals surface area contributed by atoms with Crippen molar-refractivity contribution < 1.29 is 0 Å². The van der Waals surface area contributed by atoms with Gasteiger partial charge in [0.15, 0.2) is 0 Å². The third-order valence-electron chi connectivity index (χ3n) is 6.33. The van der Waals surface area contributed by atoms with Crippen LogP contribution in [0.2, 0.25) is 0 Å². The van der Waals surface area contributed by atoms with E-state index in [1.807, 2.05) is 0 Å². The molecule has 2 rings (SSSR count). The second-order valence-corrected chi connectivity index (χ2v) is 10.4. The van der Waals surface area contributed by atoms with Gasteiger partial charge in [0.2, 0.25) is 0 Å². The summed E-state index contributed by atoms with van der Waals surface area (Å²) in [5.74, 6) is 2.91. The first-order chi connectivity index (χ1) is 10.2. The van der Waals surface area contributed by atoms with Crippen molar-refractivity contribution >= 4 is 0 Å². The Hall–Kier alpha value is -0.0400. The lowest BCUT2D eigenvalue weighted by molar-refractivity contribution is 0.0570. The van der Waals surface area contributed by atoms with Crippen LogP contribution in [0.5, 0.6) is 0 Å². The molecule has 1 heteroatoms. The molecule has 0 spiro atoms. The first kappa shape index (κ1) is 18.3. The van der Waals surface area contributed by atoms with Crippen LogP contribution < -0.4 is 0 Å². The molecule has 0 bridgehead atoms. The highest BCUT2D eigenvalue weighted by molar-refractivity contribution is 4.87. The number of likely N-dealkylation sites (tertiary alicyclic amines) is 1. The van der Waals surface area contributed by atoms with Crippen LogP contribution in [0.25, 0.3) is 0 Å². The molecule has 1 heterocycles. The Bertz CT molecular complexity index is 322. The average Bonchev–Trinajstić information content (AvgIpc) is 2.39. The van der Waals surface area contributed by atoms with E-state index in [0.717, 1.165) is 17.8 Å². The lowest BCUT2D eigenvalue weighted by Crippen LogP contribution is -2.42. The van der Waals surface area contributed by atoms with E-state index in [9.17, 15) is 0 Å². The van der Waals surface area contributed by atoms with Crippen molar-refractivity contribution in [1.29, 1.82) is 0 Å². The van der Waals surface area contributed by atoms with Crippen LogP contribution in [0.15, 0.2) is 0 Å². The standard InChI is InChI=1S/C21H41N/c1-17-7-9-18(10-8-17)15-22-13-11-19(12-14-22)21(5,6)16-20(2,3)4/h17-19H,7-16H2,1-6H3. The molecule has 0 unspecified atom stereocenters. The van der Waals surface area contributed by atoms with Gasteiger partial charge in [-0.2, -0.15) is 0 Å². The van der Waals surface area contributed by atoms with E-state index in [2.05, 4.69) is 46.4 Å². The van der Waals surface area contributed by atoms with Crippen molar-refractivity contribution in [2.24, 2.45) is 28.6 Å². The normalized spacial score (nSPS) is 29.7. The Balaban J connectivity index is 1.75. The number of hydrogen-bond donors (Lipinski definition) is 0. The zero-order valence-electron chi connectivity index (χ0n) is 16.3. The molecule has 0 aromatic carbocycles. The second kappa shape index (κ2) is 7.24. The molecule has 1 saturated carbocycles. The van der Waals surface area contributed by atoms with E-state index < -0.39 is 0 Å². The third-order valence-corrected chi connectivity index (χ3v) is 6.33. The highest BCUT2D eigenvalue weighted by Gasteiger charge is 2.35. The summed E-state index contributed by atoms with van der Waals surface area (Å²) in [7, 11) is 0. The van der Waals surface area contributed by atoms with Crippen molar-refractivity contribution in [2.45, 2.75) is 86.5 Å². The fourth-order valence-electron chi connectivity index (χ4n) is 5.29. The maximum absolute atomic E-state index is 2.78. The molecule has 22 heavy (non-hydrogen) atoms. The van der Waals surface area contributed by atoms with Gasteiger partial charge in [-0.1, -0.05) is 54.4 Å². The SMILES string of the molecule is CC1CCC(CN2CCC(C(C)(C)CC(C)(C)C)CC2)CC1. The molecule has 0 aromatic heterocycles. The number of hydrogen-bond acceptors (Lipinski definition) is 1. The second-order valence-electron chi connectivity index (χ2n) is 10.4. The van der Waals surface area contributed by atoms with E-state index >= 15 is 0 Å². The molecule has 0 atom stereocenters. The molecule has 0 aromatic rings. The van der Waals surface area contributed by atoms with Gasteiger partial charge < -0.3 is 4.90 Å². The van der Waals surface area contributed by atoms with Gasteiger partial charge in [-0.25, -0.2) is 0 Å². The Morgan fingerprint density at radius 3 is 1.86 bits per heavy atom. The molecular formula is C21H41N. The summed E-state index contributed by atoms with van der Waals surface area (Å²) < 4.78 is 0. The molecule has 130 valence electrons. The minimum atomic E-state index is 0.458. The van der Waals surface area contributed by atoms with Crippen molar-refractivity contribution in [3.8, 4) is 0 Å². The third kappa shape index (κ3) is 5.55. The van der Waals surface area contributed by atoms with E-state index in [-0.39, 0.29) is 0 Å². The van der Waals surface area contributed by atoms with Crippen molar-refractivity contribution in [3.05, 3.63) is 0 Å². The first-order valence-corrected chi connectivity index (χ1v) is 9.88. The highest BCUT2D eigenvalue weighted by atomic mass is 15.1. The Morgan fingerprint density at radius 2 is 1.36 bits per heavy atom. The topological polar surface area (TPSA) is 3.24 Å². The molecular weight excluding hydrogens is 266 g/mol. The van der Waals surface area contributed by atoms with Crippen LogP contribution in [-0.4, -0.2) is 24.5 Å². The predicted molar refractivity (Wildman–Crippen MR) is 98.1 cm³/mol. The summed E-state index contributed by atoms with van der Waals surface area (Å²) in [6, 6.07) is 0. The van der Waals surface area contributed by atoms with Gasteiger partial charge in [0, 0.05) is 6.54 Å². The molecule has 1 nitrogen and oxygen atoms in total. The number of piperidine rings is 1. The lowest BCUT2D eigenvalue weighted by Gasteiger charge is -2.44. The molecule has 0 radical (unpaired) electrons. The fourth-order valence-corrected chi connectivity index (χ4v) is 5.29. The van der Waals surface area contributed by atoms with Gasteiger partial charge in [-0.05, 0) is 73.8 Å². The lowest BCUT2D eigenvalue weighted by atomic mass is 9.66. The van der Waals surface area contributed by atoms with Crippen molar-refractivity contribution in [1.82, 2.24) is 4.90 Å². The van der Waals surface area contributed by atoms with E-state index in [0.29, 0.717) is 10.8 Å². The van der Waals surface area contributed by atoms with E-state index in [1.165, 1.54) is 64.6 Å². The Labute approximate surface area is 140 Å². The Morgan fingerprint density at radius 1 is 0.818 bits per heavy atom. The van der Waals surface area contributed by atoms with Gasteiger partial charge in [-0.3, -0.25) is 0 Å². The molecule has 1 aliphatic heterocycles. The van der Waals surface area contributed by atoms with Crippen molar-refractivity contribution in [2.75, 3.05) is 19.6 Å². The quantitative estimate of drug-likeness (QED) is 0.617. The average molecular weight is 308 g/mol. The molecule has 2 aliphatic rings. The zero-order valence-corrected chi connectivity index (χ0v) is 16.3. The maximum atomic E-state index is 2.78. The molecule has 2 fully saturated rings. The molecule has 1 aliphatic carbocycles. The summed E-state index contributed by atoms with van der Waals surface area (Å²) in [6.45, 7) is 18.7. The molecule has 0 amide bonds. The minimum absolute atomic E-state index is 0.458. The van der Waals surface area contributed by atoms with Gasteiger partial charge in [0.1, 0.15) is 0 Å². The maximum Gasteiger partial charge on any atom is 0.000966 e. The summed E-state index contributed by atoms with van der Waals surface area (Å²) in [5, 5.41) is 0. The van der Waals surface area contributed by atoms with Crippen LogP contribution >= 0.6 is 0 Å². The van der Waals surface area contributed by atoms with E-state index in [1.54, 1.807) is 0 Å². The summed E-state index contributed by atoms with van der Waals surface area (Å²) in [5.41, 5.74) is 0.962. The monoisotopic (exact) mass is 307 g/mol. The van der Waals surface area contributed by atoms with Crippen LogP contribution in [0.1, 0.15) is 86.5 Å². The molecule has 0 N–H and O–H groups in total. The van der Waals surface area contributed by atoms with Crippen molar-refractivity contribution in [3.63, 3.8) is 0 Å². The number of nitrogens with zero attached hydrogens (tertiary/aromatic N) is 1. The number of rotatable bonds is 4. The summed E-state index contributed by atoms with van der Waals surface area (Å²) in [6.07, 6.45) is 10.1. The highest BCUT2D eigenvalue weighted by Crippen LogP contribution is 2.43. The first-order valence-electron chi connectivity index (χ1n) is 9.88. The largest absolute Gasteiger partial charge is 0.303 e. The molecule has 1 saturated heterocycles. The van der Waals surface area contributed by atoms with Crippen LogP contribution in [0, 0.1) is 28.6 Å². The van der Waals surface area contributed by atoms with E-state index in [4.69, 9.17) is 0 Å². The van der Waals surface area contributed by atoms with Gasteiger partial charge in [-0.15, -0.1) is 0 Å². The predicted octanol–water partition coefficient (Wildman–Crippen LogP) is 5.99. The van der Waals surface area contributed by atoms with Gasteiger partial charge in [0.05, 0.1) is 0 Å². The van der Waals surface area contributed by atoms with Gasteiger partial charge in [0.25, 0.3) is 0 Å². The summed E-state index contributed by atoms with van der Waals surface area (Å²) >= 11 is 0. The van der Waals surface area contributed by atoms with Crippen LogP contribution in [0.4, 0.5) is 0 Å².